The third-order valence-corrected chi connectivity index (χ3v) is 0.894. The highest BCUT2D eigenvalue weighted by Crippen LogP contribution is 2.02. The summed E-state index contributed by atoms with van der Waals surface area (Å²) in [7, 11) is 0. The van der Waals surface area contributed by atoms with Crippen molar-refractivity contribution in [1.82, 2.24) is 0 Å². The summed E-state index contributed by atoms with van der Waals surface area (Å²) in [6.45, 7) is 0. The van der Waals surface area contributed by atoms with Crippen LogP contribution >= 0.6 is 11.8 Å². The Hall–Kier alpha value is 0.0200. The second-order valence-corrected chi connectivity index (χ2v) is 1.39. The van der Waals surface area contributed by atoms with Gasteiger partial charge in [-0.25, -0.2) is 0 Å². The fourth-order valence-electron chi connectivity index (χ4n) is 0.0745. The molecule has 0 saturated carbocycles. The van der Waals surface area contributed by atoms with Crippen molar-refractivity contribution in [2.24, 2.45) is 4.99 Å². The Morgan fingerprint density at radius 2 is 2.25 bits per heavy atom. The van der Waals surface area contributed by atoms with Crippen LogP contribution in [0.5, 0.6) is 0 Å². The van der Waals surface area contributed by atoms with Gasteiger partial charge in [0.05, 0.1) is 11.4 Å². The van der Waals surface area contributed by atoms with Crippen molar-refractivity contribution in [1.29, 1.82) is 0 Å². The molecule has 2 heteroatoms. The van der Waals surface area contributed by atoms with Crippen LogP contribution < -0.4 is 0 Å². The SMILES string of the molecule is C1=NCS1. The normalized spacial score (nSPS) is 20.0. The quantitative estimate of drug-likeness (QED) is 0.411. The maximum absolute atomic E-state index is 3.75. The molecule has 0 saturated heterocycles. The summed E-state index contributed by atoms with van der Waals surface area (Å²) in [4.78, 5) is 3.75. The van der Waals surface area contributed by atoms with Crippen LogP contribution in [0.15, 0.2) is 4.99 Å². The molecule has 1 heterocycles. The third-order valence-electron chi connectivity index (χ3n) is 0.298. The highest BCUT2D eigenvalue weighted by atomic mass is 32.2. The van der Waals surface area contributed by atoms with Crippen molar-refractivity contribution in [3.8, 4) is 0 Å². The number of thioether (sulfide) groups is 1. The molecular formula is C2H3NS. The first-order valence-corrected chi connectivity index (χ1v) is 2.15. The number of nitrogens with zero attached hydrogens (tertiary/aromatic N) is 1. The van der Waals surface area contributed by atoms with E-state index < -0.39 is 0 Å². The average molecular weight is 73.1 g/mol. The molecule has 0 fully saturated rings. The molecule has 0 unspecified atom stereocenters. The summed E-state index contributed by atoms with van der Waals surface area (Å²) in [5, 5.41) is 0. The molecule has 1 nitrogen and oxygen atoms in total. The van der Waals surface area contributed by atoms with Crippen LogP contribution in [0.25, 0.3) is 0 Å². The molecule has 22 valence electrons. The van der Waals surface area contributed by atoms with Crippen molar-refractivity contribution < 1.29 is 0 Å². The lowest BCUT2D eigenvalue weighted by atomic mass is 11.4. The van der Waals surface area contributed by atoms with E-state index in [9.17, 15) is 0 Å². The number of aliphatic imine (C=N–C) groups is 1. The molecule has 0 spiro atoms. The van der Waals surface area contributed by atoms with Gasteiger partial charge in [-0.3, -0.25) is 4.99 Å². The predicted octanol–water partition coefficient (Wildman–Crippen LogP) is 0.719. The highest BCUT2D eigenvalue weighted by molar-refractivity contribution is 8.13. The standard InChI is InChI=1S/C2H3NS/c1-3-2-4-1/h1H,2H2. The molecule has 0 radical (unpaired) electrons. The minimum Gasteiger partial charge on any atom is -0.275 e. The van der Waals surface area contributed by atoms with Crippen molar-refractivity contribution in [2.75, 3.05) is 5.88 Å². The fourth-order valence-corrected chi connectivity index (χ4v) is 0.224. The van der Waals surface area contributed by atoms with E-state index in [0.717, 1.165) is 5.88 Å². The largest absolute Gasteiger partial charge is 0.275 e. The van der Waals surface area contributed by atoms with Gasteiger partial charge in [-0.1, -0.05) is 11.8 Å². The Morgan fingerprint density at radius 3 is 2.25 bits per heavy atom. The van der Waals surface area contributed by atoms with E-state index in [4.69, 9.17) is 0 Å². The van der Waals surface area contributed by atoms with E-state index in [0.29, 0.717) is 0 Å². The van der Waals surface area contributed by atoms with E-state index in [1.807, 2.05) is 5.55 Å². The van der Waals surface area contributed by atoms with Gasteiger partial charge in [0.2, 0.25) is 0 Å². The average Bonchev–Trinajstić information content (AvgIpc) is 0.722. The van der Waals surface area contributed by atoms with E-state index in [2.05, 4.69) is 4.99 Å². The Morgan fingerprint density at radius 1 is 2.00 bits per heavy atom. The Bertz CT molecular complexity index is 35.3. The summed E-state index contributed by atoms with van der Waals surface area (Å²) < 4.78 is 0. The van der Waals surface area contributed by atoms with E-state index in [1.165, 1.54) is 0 Å². The molecule has 0 aromatic carbocycles. The summed E-state index contributed by atoms with van der Waals surface area (Å²) >= 11 is 1.75. The maximum atomic E-state index is 3.75. The molecule has 0 aromatic rings. The van der Waals surface area contributed by atoms with Crippen LogP contribution in [0.1, 0.15) is 0 Å². The Labute approximate surface area is 29.1 Å². The van der Waals surface area contributed by atoms with E-state index in [-0.39, 0.29) is 0 Å². The van der Waals surface area contributed by atoms with Crippen LogP contribution in [-0.2, 0) is 0 Å². The zero-order valence-electron chi connectivity index (χ0n) is 2.14. The van der Waals surface area contributed by atoms with Crippen LogP contribution in [0.4, 0.5) is 0 Å². The van der Waals surface area contributed by atoms with Gasteiger partial charge in [-0.05, 0) is 0 Å². The molecule has 0 atom stereocenters. The topological polar surface area (TPSA) is 12.4 Å². The Kier molecular flexibility index (Phi) is 0.432. The minimum absolute atomic E-state index is 0.986. The van der Waals surface area contributed by atoms with Gasteiger partial charge in [0, 0.05) is 0 Å². The van der Waals surface area contributed by atoms with Crippen molar-refractivity contribution in [3.05, 3.63) is 0 Å². The highest BCUT2D eigenvalue weighted by Gasteiger charge is 1.82. The zero-order valence-corrected chi connectivity index (χ0v) is 2.96. The van der Waals surface area contributed by atoms with Crippen molar-refractivity contribution in [2.45, 2.75) is 0 Å². The molecule has 0 aromatic heterocycles. The van der Waals surface area contributed by atoms with Crippen LogP contribution in [0.3, 0.4) is 0 Å². The zero-order chi connectivity index (χ0) is 2.83. The first-order valence-electron chi connectivity index (χ1n) is 1.10. The first kappa shape index (κ1) is 2.27. The van der Waals surface area contributed by atoms with Gasteiger partial charge < -0.3 is 0 Å². The second-order valence-electron chi connectivity index (χ2n) is 0.584. The first-order chi connectivity index (χ1) is 2.00. The van der Waals surface area contributed by atoms with E-state index in [1.54, 1.807) is 11.8 Å². The molecule has 1 aliphatic rings. The smallest absolute Gasteiger partial charge is 0.0905 e. The third kappa shape index (κ3) is 0.130. The van der Waals surface area contributed by atoms with Gasteiger partial charge >= 0.3 is 0 Å². The molecule has 1 aliphatic heterocycles. The van der Waals surface area contributed by atoms with Gasteiger partial charge in [-0.2, -0.15) is 0 Å². The molecule has 0 aliphatic carbocycles. The lowest BCUT2D eigenvalue weighted by molar-refractivity contribution is 1.39. The van der Waals surface area contributed by atoms with Crippen molar-refractivity contribution >= 4 is 17.3 Å². The monoisotopic (exact) mass is 73.0 g/mol. The van der Waals surface area contributed by atoms with Crippen LogP contribution in [-0.4, -0.2) is 11.4 Å². The predicted molar refractivity (Wildman–Crippen MR) is 20.9 cm³/mol. The number of hydrogen-bond acceptors (Lipinski definition) is 2. The van der Waals surface area contributed by atoms with Gasteiger partial charge in [-0.15, -0.1) is 0 Å². The number of rotatable bonds is 0. The fraction of sp³-hybridized carbons (Fsp3) is 0.500. The summed E-state index contributed by atoms with van der Waals surface area (Å²) in [5.74, 6) is 0.986. The lowest BCUT2D eigenvalue weighted by Crippen LogP contribution is -1.80. The molecule has 0 bridgehead atoms. The van der Waals surface area contributed by atoms with Gasteiger partial charge in [0.15, 0.2) is 0 Å². The van der Waals surface area contributed by atoms with Crippen molar-refractivity contribution in [3.63, 3.8) is 0 Å². The molecule has 1 rings (SSSR count). The molecular weight excluding hydrogens is 70.1 g/mol. The molecule has 0 amide bonds. The summed E-state index contributed by atoms with van der Waals surface area (Å²) in [5.41, 5.74) is 1.85. The maximum Gasteiger partial charge on any atom is 0.0905 e. The van der Waals surface area contributed by atoms with Gasteiger partial charge in [0.25, 0.3) is 0 Å². The number of hydrogen-bond donors (Lipinski definition) is 0. The summed E-state index contributed by atoms with van der Waals surface area (Å²) in [6.07, 6.45) is 0. The Balaban J connectivity index is 2.47. The summed E-state index contributed by atoms with van der Waals surface area (Å²) in [6, 6.07) is 0. The van der Waals surface area contributed by atoms with Gasteiger partial charge in [0.1, 0.15) is 0 Å². The minimum atomic E-state index is 0.986. The van der Waals surface area contributed by atoms with Crippen LogP contribution in [0.2, 0.25) is 0 Å². The molecule has 0 N–H and O–H groups in total. The second kappa shape index (κ2) is 0.763. The van der Waals surface area contributed by atoms with Crippen LogP contribution in [0, 0.1) is 0 Å². The molecule has 4 heavy (non-hydrogen) atoms. The lowest BCUT2D eigenvalue weighted by Gasteiger charge is -1.92. The van der Waals surface area contributed by atoms with E-state index >= 15 is 0 Å².